The number of carbonyl (C=O) groups excluding carboxylic acids is 1. The van der Waals surface area contributed by atoms with Crippen molar-refractivity contribution in [3.05, 3.63) is 28.8 Å². The number of ether oxygens (including phenoxy) is 1. The summed E-state index contributed by atoms with van der Waals surface area (Å²) in [7, 11) is 0. The van der Waals surface area contributed by atoms with Crippen LogP contribution in [0.25, 0.3) is 0 Å². The molecule has 0 heterocycles. The summed E-state index contributed by atoms with van der Waals surface area (Å²) in [5.41, 5.74) is -0.251. The highest BCUT2D eigenvalue weighted by Gasteiger charge is 2.18. The summed E-state index contributed by atoms with van der Waals surface area (Å²) in [6.45, 7) is 1.24. The Morgan fingerprint density at radius 1 is 1.45 bits per heavy atom. The zero-order chi connectivity index (χ0) is 16.8. The number of benzene rings is 1. The van der Waals surface area contributed by atoms with Crippen LogP contribution in [-0.4, -0.2) is 30.8 Å². The maximum Gasteiger partial charge on any atom is 0.387 e. The number of halogens is 3. The summed E-state index contributed by atoms with van der Waals surface area (Å²) < 4.78 is 29.0. The summed E-state index contributed by atoms with van der Waals surface area (Å²) in [6, 6.07) is 3.89. The lowest BCUT2D eigenvalue weighted by Gasteiger charge is -2.21. The van der Waals surface area contributed by atoms with E-state index in [4.69, 9.17) is 16.7 Å². The van der Waals surface area contributed by atoms with E-state index >= 15 is 0 Å². The Balaban J connectivity index is 2.63. The third-order valence-electron chi connectivity index (χ3n) is 3.15. The van der Waals surface area contributed by atoms with Gasteiger partial charge in [-0.1, -0.05) is 25.4 Å². The number of rotatable bonds is 8. The molecule has 0 saturated carbocycles. The summed E-state index contributed by atoms with van der Waals surface area (Å²) in [5, 5.41) is 12.0. The van der Waals surface area contributed by atoms with Crippen LogP contribution in [0.1, 0.15) is 37.0 Å². The van der Waals surface area contributed by atoms with Gasteiger partial charge in [-0.3, -0.25) is 4.79 Å². The van der Waals surface area contributed by atoms with E-state index in [1.165, 1.54) is 18.2 Å². The van der Waals surface area contributed by atoms with Crippen LogP contribution >= 0.6 is 11.6 Å². The van der Waals surface area contributed by atoms with E-state index in [0.717, 1.165) is 6.42 Å². The lowest BCUT2D eigenvalue weighted by atomic mass is 9.89. The van der Waals surface area contributed by atoms with Gasteiger partial charge < -0.3 is 15.2 Å². The molecule has 1 aromatic rings. The molecule has 22 heavy (non-hydrogen) atoms. The van der Waals surface area contributed by atoms with Gasteiger partial charge >= 0.3 is 6.61 Å². The predicted molar refractivity (Wildman–Crippen MR) is 80.5 cm³/mol. The average Bonchev–Trinajstić information content (AvgIpc) is 2.45. The second-order valence-corrected chi connectivity index (χ2v) is 6.14. The van der Waals surface area contributed by atoms with Crippen LogP contribution < -0.4 is 10.1 Å². The molecule has 1 aromatic carbocycles. The number of aliphatic hydroxyl groups excluding tert-OH is 1. The first-order valence-electron chi connectivity index (χ1n) is 6.88. The van der Waals surface area contributed by atoms with Gasteiger partial charge in [0.15, 0.2) is 0 Å². The van der Waals surface area contributed by atoms with E-state index in [2.05, 4.69) is 10.1 Å². The molecule has 0 saturated heterocycles. The van der Waals surface area contributed by atoms with Gasteiger partial charge in [0.05, 0.1) is 5.56 Å². The lowest BCUT2D eigenvalue weighted by molar-refractivity contribution is -0.0501. The minimum atomic E-state index is -3.02. The van der Waals surface area contributed by atoms with Gasteiger partial charge in [-0.2, -0.15) is 8.78 Å². The Labute approximate surface area is 133 Å². The topological polar surface area (TPSA) is 58.6 Å². The second kappa shape index (κ2) is 8.29. The molecule has 0 fully saturated rings. The van der Waals surface area contributed by atoms with E-state index in [1.54, 1.807) is 0 Å². The Morgan fingerprint density at radius 3 is 2.73 bits per heavy atom. The fourth-order valence-electron chi connectivity index (χ4n) is 1.82. The van der Waals surface area contributed by atoms with Gasteiger partial charge in [-0.05, 0) is 36.5 Å². The first-order valence-corrected chi connectivity index (χ1v) is 7.26. The fourth-order valence-corrected chi connectivity index (χ4v) is 1.99. The van der Waals surface area contributed by atoms with Crippen molar-refractivity contribution in [2.24, 2.45) is 5.41 Å². The van der Waals surface area contributed by atoms with Crippen LogP contribution in [0.15, 0.2) is 18.2 Å². The van der Waals surface area contributed by atoms with Crippen molar-refractivity contribution >= 4 is 17.5 Å². The normalized spacial score (nSPS) is 11.6. The molecule has 2 N–H and O–H groups in total. The largest absolute Gasteiger partial charge is 0.434 e. The number of amides is 1. The van der Waals surface area contributed by atoms with E-state index in [1.807, 2.05) is 13.8 Å². The van der Waals surface area contributed by atoms with Crippen LogP contribution in [0.2, 0.25) is 5.02 Å². The third kappa shape index (κ3) is 6.15. The van der Waals surface area contributed by atoms with Crippen molar-refractivity contribution in [1.82, 2.24) is 5.32 Å². The molecule has 0 aliphatic rings. The third-order valence-corrected chi connectivity index (χ3v) is 3.38. The van der Waals surface area contributed by atoms with Crippen molar-refractivity contribution in [3.8, 4) is 5.75 Å². The smallest absolute Gasteiger partial charge is 0.387 e. The Bertz CT molecular complexity index is 510. The molecule has 4 nitrogen and oxygen atoms in total. The van der Waals surface area contributed by atoms with E-state index < -0.39 is 12.5 Å². The number of hydrogen-bond acceptors (Lipinski definition) is 3. The number of aliphatic hydroxyl groups is 1. The molecular weight excluding hydrogens is 316 g/mol. The highest BCUT2D eigenvalue weighted by molar-refractivity contribution is 6.31. The molecule has 1 amide bonds. The lowest BCUT2D eigenvalue weighted by Crippen LogP contribution is -2.27. The number of alkyl halides is 2. The Morgan fingerprint density at radius 2 is 2.14 bits per heavy atom. The second-order valence-electron chi connectivity index (χ2n) is 5.70. The quantitative estimate of drug-likeness (QED) is 0.715. The predicted octanol–water partition coefficient (Wildman–Crippen LogP) is 3.47. The zero-order valence-electron chi connectivity index (χ0n) is 12.5. The summed E-state index contributed by atoms with van der Waals surface area (Å²) in [5.74, 6) is -0.743. The van der Waals surface area contributed by atoms with E-state index in [-0.39, 0.29) is 28.4 Å². The number of hydrogen-bond donors (Lipinski definition) is 2. The monoisotopic (exact) mass is 335 g/mol. The van der Waals surface area contributed by atoms with E-state index in [0.29, 0.717) is 13.0 Å². The van der Waals surface area contributed by atoms with Crippen LogP contribution in [-0.2, 0) is 0 Å². The van der Waals surface area contributed by atoms with Gasteiger partial charge in [-0.25, -0.2) is 0 Å². The molecule has 0 aromatic heterocycles. The number of nitrogens with one attached hydrogen (secondary N) is 1. The first-order chi connectivity index (χ1) is 10.2. The van der Waals surface area contributed by atoms with E-state index in [9.17, 15) is 13.6 Å². The van der Waals surface area contributed by atoms with Crippen LogP contribution in [0.4, 0.5) is 8.78 Å². The van der Waals surface area contributed by atoms with Crippen LogP contribution in [0.5, 0.6) is 5.75 Å². The summed E-state index contributed by atoms with van der Waals surface area (Å²) >= 11 is 5.79. The van der Waals surface area contributed by atoms with Crippen LogP contribution in [0, 0.1) is 5.41 Å². The average molecular weight is 336 g/mol. The minimum absolute atomic E-state index is 0.0331. The molecule has 0 bridgehead atoms. The van der Waals surface area contributed by atoms with Gasteiger partial charge in [0.2, 0.25) is 0 Å². The van der Waals surface area contributed by atoms with Gasteiger partial charge in [0, 0.05) is 18.2 Å². The molecule has 0 atom stereocenters. The fraction of sp³-hybridized carbons (Fsp3) is 0.533. The molecule has 0 aliphatic heterocycles. The Kier molecular flexibility index (Phi) is 7.03. The van der Waals surface area contributed by atoms with Crippen molar-refractivity contribution in [2.75, 3.05) is 13.2 Å². The highest BCUT2D eigenvalue weighted by Crippen LogP contribution is 2.25. The van der Waals surface area contributed by atoms with Crippen molar-refractivity contribution in [2.45, 2.75) is 33.3 Å². The van der Waals surface area contributed by atoms with Crippen LogP contribution in [0.3, 0.4) is 0 Å². The highest BCUT2D eigenvalue weighted by atomic mass is 35.5. The van der Waals surface area contributed by atoms with Crippen molar-refractivity contribution in [3.63, 3.8) is 0 Å². The zero-order valence-corrected chi connectivity index (χ0v) is 13.3. The van der Waals surface area contributed by atoms with Gasteiger partial charge in [-0.15, -0.1) is 0 Å². The minimum Gasteiger partial charge on any atom is -0.434 e. The standard InChI is InChI=1S/C15H20ClF2NO3/c1-15(2,9-20)6-3-7-19-13(21)11-8-10(16)4-5-12(11)22-14(17)18/h4-5,8,14,20H,3,6-7,9H2,1-2H3,(H,19,21). The molecule has 1 rings (SSSR count). The maximum absolute atomic E-state index is 12.3. The van der Waals surface area contributed by atoms with Gasteiger partial charge in [0.25, 0.3) is 5.91 Å². The molecule has 124 valence electrons. The van der Waals surface area contributed by atoms with Crippen molar-refractivity contribution < 1.29 is 23.4 Å². The molecule has 7 heteroatoms. The Hall–Kier alpha value is -1.40. The SMILES string of the molecule is CC(C)(CO)CCCNC(=O)c1cc(Cl)ccc1OC(F)F. The molecule has 0 unspecified atom stereocenters. The molecule has 0 radical (unpaired) electrons. The van der Waals surface area contributed by atoms with Crippen molar-refractivity contribution in [1.29, 1.82) is 0 Å². The summed E-state index contributed by atoms with van der Waals surface area (Å²) in [4.78, 5) is 12.0. The first kappa shape index (κ1) is 18.6. The molecule has 0 aliphatic carbocycles. The number of carbonyl (C=O) groups is 1. The summed E-state index contributed by atoms with van der Waals surface area (Å²) in [6.07, 6.45) is 1.38. The molecule has 0 spiro atoms. The van der Waals surface area contributed by atoms with Gasteiger partial charge in [0.1, 0.15) is 5.75 Å². The molecular formula is C15H20ClF2NO3. The maximum atomic E-state index is 12.3.